The highest BCUT2D eigenvalue weighted by Gasteiger charge is 2.34. The van der Waals surface area contributed by atoms with Crippen molar-refractivity contribution in [2.45, 2.75) is 111 Å². The minimum atomic E-state index is -0.665. The molecule has 0 heterocycles. The average Bonchev–Trinajstić information content (AvgIpc) is 3.31. The number of quaternary nitrogens is 5. The van der Waals surface area contributed by atoms with Crippen LogP contribution in [-0.2, 0) is 33.2 Å². The van der Waals surface area contributed by atoms with Gasteiger partial charge in [0.1, 0.15) is 84.7 Å². The zero-order valence-corrected chi connectivity index (χ0v) is 55.7. The average molecular weight is 1260 g/mol. The maximum absolute atomic E-state index is 12.6. The van der Waals surface area contributed by atoms with Gasteiger partial charge in [0.25, 0.3) is 0 Å². The van der Waals surface area contributed by atoms with Gasteiger partial charge >= 0.3 is 12.1 Å². The Bertz CT molecular complexity index is 1300. The topological polar surface area (TPSA) is 174 Å². The number of hydrogen-bond donors (Lipinski definition) is 4. The molecule has 0 aliphatic carbocycles. The lowest BCUT2D eigenvalue weighted by Gasteiger charge is -2.43. The first kappa shape index (κ1) is 94.3. The molecule has 0 fully saturated rings. The zero-order valence-electron chi connectivity index (χ0n) is 51.2. The van der Waals surface area contributed by atoms with Gasteiger partial charge in [-0.25, -0.2) is 4.79 Å². The number of hydrogen-bond acceptors (Lipinski definition) is 13. The third-order valence-corrected chi connectivity index (χ3v) is 13.9. The molecule has 0 saturated carbocycles. The highest BCUT2D eigenvalue weighted by atomic mass is 35.5. The summed E-state index contributed by atoms with van der Waals surface area (Å²) in [6.07, 6.45) is 13.4. The fourth-order valence-corrected chi connectivity index (χ4v) is 8.69. The van der Waals surface area contributed by atoms with E-state index in [1.165, 1.54) is 51.4 Å². The molecule has 0 aromatic heterocycles. The fraction of sp³-hybridized carbons (Fsp3) is 0.963. The number of carbonyl (C=O) groups excluding carboxylic acids is 2. The van der Waals surface area contributed by atoms with Crippen LogP contribution in [0.1, 0.15) is 105 Å². The van der Waals surface area contributed by atoms with E-state index in [1.807, 2.05) is 0 Å². The largest absolute Gasteiger partial charge is 1.00 e. The second-order valence-electron chi connectivity index (χ2n) is 22.3. The first-order valence-corrected chi connectivity index (χ1v) is 28.2. The molecule has 18 nitrogen and oxygen atoms in total. The van der Waals surface area contributed by atoms with Crippen molar-refractivity contribution in [1.82, 2.24) is 4.90 Å². The summed E-state index contributed by atoms with van der Waals surface area (Å²) >= 11 is 0. The number of halogens is 6. The number of carbonyl (C=O) groups is 2. The van der Waals surface area contributed by atoms with Gasteiger partial charge < -0.3 is 151 Å². The molecule has 0 aliphatic heterocycles. The number of likely N-dealkylation sites (N-methyl/N-ethyl adjacent to an activating group) is 6. The Balaban J connectivity index is -0.000000220. The summed E-state index contributed by atoms with van der Waals surface area (Å²) in [6, 6.07) is 0. The van der Waals surface area contributed by atoms with Gasteiger partial charge in [0.2, 0.25) is 0 Å². The molecular formula is C54H119Cl6N6O12-. The van der Waals surface area contributed by atoms with Gasteiger partial charge in [-0.1, -0.05) is 78.6 Å². The van der Waals surface area contributed by atoms with E-state index in [1.54, 1.807) is 6.92 Å². The van der Waals surface area contributed by atoms with Crippen molar-refractivity contribution in [2.24, 2.45) is 0 Å². The normalized spacial score (nSPS) is 14.5. The van der Waals surface area contributed by atoms with Crippen LogP contribution in [0.15, 0.2) is 0 Å². The van der Waals surface area contributed by atoms with Crippen LogP contribution in [0, 0.1) is 0 Å². The van der Waals surface area contributed by atoms with Crippen LogP contribution >= 0.6 is 0 Å². The molecule has 0 aliphatic rings. The number of rotatable bonds is 49. The highest BCUT2D eigenvalue weighted by Crippen LogP contribution is 2.15. The molecule has 24 heteroatoms. The lowest BCUT2D eigenvalue weighted by Crippen LogP contribution is -3.00. The van der Waals surface area contributed by atoms with Crippen LogP contribution in [-0.4, -0.2) is 300 Å². The number of ether oxygens (including phenoxy) is 6. The minimum Gasteiger partial charge on any atom is -1.00 e. The maximum atomic E-state index is 12.6. The van der Waals surface area contributed by atoms with E-state index in [2.05, 4.69) is 86.8 Å². The predicted octanol–water partition coefficient (Wildman–Crippen LogP) is -13.7. The monoisotopic (exact) mass is 1250 g/mol. The minimum absolute atomic E-state index is 0. The Morgan fingerprint density at radius 1 is 0.436 bits per heavy atom. The number of nitrogens with zero attached hydrogens (tertiary/aromatic N) is 6. The van der Waals surface area contributed by atoms with Crippen molar-refractivity contribution in [1.29, 1.82) is 0 Å². The Labute approximate surface area is 514 Å². The van der Waals surface area contributed by atoms with Crippen LogP contribution in [0.3, 0.4) is 0 Å². The summed E-state index contributed by atoms with van der Waals surface area (Å²) in [5, 5.41) is 39.4. The van der Waals surface area contributed by atoms with Gasteiger partial charge in [-0.3, -0.25) is 4.79 Å². The van der Waals surface area contributed by atoms with Crippen molar-refractivity contribution in [3.8, 4) is 0 Å². The lowest BCUT2D eigenvalue weighted by atomic mass is 10.1. The number of unbranched alkanes of at least 4 members (excludes halogenated alkanes) is 9. The van der Waals surface area contributed by atoms with Crippen molar-refractivity contribution in [2.75, 3.05) is 234 Å². The van der Waals surface area contributed by atoms with E-state index in [0.29, 0.717) is 87.8 Å². The molecular weight excluding hydrogens is 1140 g/mol. The number of aliphatic hydroxyl groups is 4. The zero-order chi connectivity index (χ0) is 54.6. The molecule has 0 radical (unpaired) electrons. The molecule has 0 aromatic rings. The molecule has 78 heavy (non-hydrogen) atoms. The van der Waals surface area contributed by atoms with E-state index in [0.717, 1.165) is 105 Å². The molecule has 4 N–H and O–H groups in total. The summed E-state index contributed by atoms with van der Waals surface area (Å²) in [7, 11) is 17.3. The summed E-state index contributed by atoms with van der Waals surface area (Å²) in [5.74, 6) is -0.155. The summed E-state index contributed by atoms with van der Waals surface area (Å²) in [4.78, 5) is 25.8. The van der Waals surface area contributed by atoms with E-state index >= 15 is 0 Å². The van der Waals surface area contributed by atoms with E-state index in [9.17, 15) is 30.0 Å². The SMILES string of the molecule is CCCCCCCCCCCCOC(=O)CC[N+](C)(CCO)CC[N+](C)(CCO)CC[N+](C)(CCO)CC[N+](C)(CCC)CCO.CCOC(=O)OCCOCCOCCOC(CN(C)CC)C[N+](C)(C)C.[Cl-].[Cl-].[Cl-].[Cl-].[Cl-].[Cl-]. The highest BCUT2D eigenvalue weighted by molar-refractivity contribution is 5.69. The van der Waals surface area contributed by atoms with Crippen molar-refractivity contribution < 1.29 is 155 Å². The molecule has 0 rings (SSSR count). The van der Waals surface area contributed by atoms with Crippen LogP contribution < -0.4 is 74.4 Å². The van der Waals surface area contributed by atoms with Gasteiger partial charge in [-0.15, -0.1) is 0 Å². The number of esters is 1. The summed E-state index contributed by atoms with van der Waals surface area (Å²) in [5.41, 5.74) is 0. The van der Waals surface area contributed by atoms with Gasteiger partial charge in [-0.05, 0) is 33.4 Å². The quantitative estimate of drug-likeness (QED) is 0.0258. The Hall–Kier alpha value is -0.0400. The Kier molecular flexibility index (Phi) is 71.0. The smallest absolute Gasteiger partial charge is 0.508 e. The van der Waals surface area contributed by atoms with Crippen molar-refractivity contribution >= 4 is 12.1 Å². The first-order valence-electron chi connectivity index (χ1n) is 28.2. The molecule has 0 bridgehead atoms. The van der Waals surface area contributed by atoms with Crippen LogP contribution in [0.2, 0.25) is 0 Å². The summed E-state index contributed by atoms with van der Waals surface area (Å²) in [6.45, 7) is 24.4. The van der Waals surface area contributed by atoms with Gasteiger partial charge in [0.05, 0.1) is 142 Å². The van der Waals surface area contributed by atoms with Crippen LogP contribution in [0.4, 0.5) is 4.79 Å². The second-order valence-corrected chi connectivity index (χ2v) is 22.3. The van der Waals surface area contributed by atoms with E-state index in [-0.39, 0.29) is 120 Å². The Morgan fingerprint density at radius 3 is 1.21 bits per heavy atom. The van der Waals surface area contributed by atoms with Crippen LogP contribution in [0.5, 0.6) is 0 Å². The fourth-order valence-electron chi connectivity index (χ4n) is 8.69. The molecule has 5 atom stereocenters. The molecule has 0 amide bonds. The maximum Gasteiger partial charge on any atom is 0.508 e. The molecule has 0 saturated heterocycles. The standard InChI is InChI=1S/C36H80N4O6.C18H39N2O6.6ClH/c1-7-9-10-11-12-13-14-15-16-17-35-46-36(45)18-20-38(4,28-32-42)22-24-40(6,30-34-44)26-25-39(5,29-33-43)23-21-37(3,19-8-2)27-31-41;1-7-19(3)15-17(16-20(4,5)6)25-13-11-22-9-10-23-12-14-26-18(21)24-8-2;;;;;;/h41-44H,7-35H2,1-6H3;17H,7-16H2,1-6H3;6*1H/q+4;+1;;;;;;/p-6. The van der Waals surface area contributed by atoms with E-state index in [4.69, 9.17) is 23.7 Å². The molecule has 0 spiro atoms. The van der Waals surface area contributed by atoms with Crippen LogP contribution in [0.25, 0.3) is 0 Å². The van der Waals surface area contributed by atoms with E-state index < -0.39 is 6.16 Å². The van der Waals surface area contributed by atoms with Gasteiger partial charge in [0.15, 0.2) is 0 Å². The Morgan fingerprint density at radius 2 is 0.821 bits per heavy atom. The molecule has 5 unspecified atom stereocenters. The number of aliphatic hydroxyl groups excluding tert-OH is 4. The first-order chi connectivity index (χ1) is 34.2. The second kappa shape index (κ2) is 58.7. The van der Waals surface area contributed by atoms with Gasteiger partial charge in [-0.2, -0.15) is 0 Å². The van der Waals surface area contributed by atoms with Gasteiger partial charge in [0, 0.05) is 6.54 Å². The lowest BCUT2D eigenvalue weighted by molar-refractivity contribution is -0.995. The predicted molar refractivity (Wildman–Crippen MR) is 290 cm³/mol. The molecule has 0 aromatic carbocycles. The summed E-state index contributed by atoms with van der Waals surface area (Å²) < 4.78 is 35.5. The van der Waals surface area contributed by atoms with Crippen molar-refractivity contribution in [3.05, 3.63) is 0 Å². The third-order valence-electron chi connectivity index (χ3n) is 13.9. The van der Waals surface area contributed by atoms with Crippen molar-refractivity contribution in [3.63, 3.8) is 0 Å². The third kappa shape index (κ3) is 56.4. The molecule has 480 valence electrons.